The molecule has 0 aliphatic rings. The van der Waals surface area contributed by atoms with Crippen molar-refractivity contribution in [3.8, 4) is 11.5 Å². The third-order valence-corrected chi connectivity index (χ3v) is 2.93. The molecule has 0 amide bonds. The summed E-state index contributed by atoms with van der Waals surface area (Å²) in [6.45, 7) is 3.88. The van der Waals surface area contributed by atoms with E-state index in [0.717, 1.165) is 11.3 Å². The maximum atomic E-state index is 11.0. The summed E-state index contributed by atoms with van der Waals surface area (Å²) in [7, 11) is 1.47. The average molecular weight is 277 g/mol. The zero-order chi connectivity index (χ0) is 14.7. The maximum Gasteiger partial charge on any atom is 0.335 e. The average Bonchev–Trinajstić information content (AvgIpc) is 2.75. The Morgan fingerprint density at radius 2 is 2.00 bits per heavy atom. The first-order valence-corrected chi connectivity index (χ1v) is 5.98. The number of carbonyl (C=O) groups is 1. The van der Waals surface area contributed by atoms with E-state index in [2.05, 4.69) is 5.16 Å². The van der Waals surface area contributed by atoms with Crippen LogP contribution in [0.4, 0.5) is 0 Å². The minimum Gasteiger partial charge on any atom is -0.497 e. The maximum absolute atomic E-state index is 11.0. The molecule has 0 saturated heterocycles. The van der Waals surface area contributed by atoms with Gasteiger partial charge < -0.3 is 19.1 Å². The molecule has 20 heavy (non-hydrogen) atoms. The number of aromatic carboxylic acids is 1. The van der Waals surface area contributed by atoms with Crippen LogP contribution in [0, 0.1) is 13.8 Å². The zero-order valence-electron chi connectivity index (χ0n) is 11.5. The summed E-state index contributed by atoms with van der Waals surface area (Å²) < 4.78 is 15.7. The van der Waals surface area contributed by atoms with E-state index in [9.17, 15) is 4.79 Å². The van der Waals surface area contributed by atoms with E-state index in [1.165, 1.54) is 19.2 Å². The van der Waals surface area contributed by atoms with Crippen molar-refractivity contribution in [2.24, 2.45) is 0 Å². The van der Waals surface area contributed by atoms with Crippen LogP contribution in [0.15, 0.2) is 22.7 Å². The van der Waals surface area contributed by atoms with Gasteiger partial charge in [-0.3, -0.25) is 0 Å². The molecule has 0 fully saturated rings. The van der Waals surface area contributed by atoms with E-state index in [0.29, 0.717) is 17.3 Å². The third-order valence-electron chi connectivity index (χ3n) is 2.93. The number of carboxylic acids is 1. The van der Waals surface area contributed by atoms with Crippen molar-refractivity contribution in [3.05, 3.63) is 40.8 Å². The molecule has 0 unspecified atom stereocenters. The minimum atomic E-state index is -1.04. The molecule has 0 atom stereocenters. The molecule has 6 nitrogen and oxygen atoms in total. The Bertz CT molecular complexity index is 613. The van der Waals surface area contributed by atoms with Crippen LogP contribution in [0.3, 0.4) is 0 Å². The number of hydrogen-bond donors (Lipinski definition) is 1. The van der Waals surface area contributed by atoms with Gasteiger partial charge in [-0.25, -0.2) is 4.79 Å². The molecular formula is C14H15NO5. The van der Waals surface area contributed by atoms with Crippen LogP contribution in [0.5, 0.6) is 11.5 Å². The topological polar surface area (TPSA) is 81.8 Å². The summed E-state index contributed by atoms with van der Waals surface area (Å²) >= 11 is 0. The minimum absolute atomic E-state index is 0.109. The summed E-state index contributed by atoms with van der Waals surface area (Å²) in [5.41, 5.74) is 1.71. The van der Waals surface area contributed by atoms with Crippen molar-refractivity contribution in [2.45, 2.75) is 20.5 Å². The Balaban J connectivity index is 2.21. The quantitative estimate of drug-likeness (QED) is 0.904. The van der Waals surface area contributed by atoms with Gasteiger partial charge in [-0.2, -0.15) is 0 Å². The van der Waals surface area contributed by atoms with Crippen molar-refractivity contribution in [3.63, 3.8) is 0 Å². The second-order valence-electron chi connectivity index (χ2n) is 4.29. The van der Waals surface area contributed by atoms with Gasteiger partial charge in [-0.15, -0.1) is 0 Å². The fourth-order valence-corrected chi connectivity index (χ4v) is 1.76. The SMILES string of the molecule is COc1cc(OCc2c(C)noc2C)cc(C(=O)O)c1. The first-order valence-electron chi connectivity index (χ1n) is 5.98. The molecule has 0 aliphatic heterocycles. The van der Waals surface area contributed by atoms with E-state index in [1.54, 1.807) is 13.0 Å². The van der Waals surface area contributed by atoms with Crippen molar-refractivity contribution in [1.29, 1.82) is 0 Å². The van der Waals surface area contributed by atoms with Crippen LogP contribution in [-0.2, 0) is 6.61 Å². The number of aromatic nitrogens is 1. The first kappa shape index (κ1) is 13.9. The van der Waals surface area contributed by atoms with Crippen LogP contribution in [-0.4, -0.2) is 23.3 Å². The number of nitrogens with zero attached hydrogens (tertiary/aromatic N) is 1. The number of rotatable bonds is 5. The van der Waals surface area contributed by atoms with Crippen LogP contribution in [0.1, 0.15) is 27.4 Å². The molecule has 2 rings (SSSR count). The van der Waals surface area contributed by atoms with E-state index < -0.39 is 5.97 Å². The molecule has 0 spiro atoms. The van der Waals surface area contributed by atoms with E-state index in [1.807, 2.05) is 6.92 Å². The first-order chi connectivity index (χ1) is 9.51. The Hall–Kier alpha value is -2.50. The Morgan fingerprint density at radius 1 is 1.30 bits per heavy atom. The molecule has 1 aromatic carbocycles. The molecule has 1 aromatic heterocycles. The van der Waals surface area contributed by atoms with E-state index in [-0.39, 0.29) is 12.2 Å². The van der Waals surface area contributed by atoms with Crippen LogP contribution >= 0.6 is 0 Å². The predicted molar refractivity (Wildman–Crippen MR) is 70.3 cm³/mol. The van der Waals surface area contributed by atoms with Gasteiger partial charge in [0, 0.05) is 6.07 Å². The predicted octanol–water partition coefficient (Wildman–Crippen LogP) is 2.58. The van der Waals surface area contributed by atoms with Crippen molar-refractivity contribution in [1.82, 2.24) is 5.16 Å². The normalized spacial score (nSPS) is 10.3. The lowest BCUT2D eigenvalue weighted by atomic mass is 10.2. The highest BCUT2D eigenvalue weighted by atomic mass is 16.5. The number of methoxy groups -OCH3 is 1. The summed E-state index contributed by atoms with van der Waals surface area (Å²) in [5.74, 6) is 0.496. The standard InChI is InChI=1S/C14H15NO5/c1-8-13(9(2)20-15-8)7-19-12-5-10(14(16)17)4-11(6-12)18-3/h4-6H,7H2,1-3H3,(H,16,17). The third kappa shape index (κ3) is 2.90. The Morgan fingerprint density at radius 3 is 2.55 bits per heavy atom. The molecule has 0 aliphatic carbocycles. The largest absolute Gasteiger partial charge is 0.497 e. The Labute approximate surface area is 115 Å². The van der Waals surface area contributed by atoms with Gasteiger partial charge in [0.15, 0.2) is 0 Å². The van der Waals surface area contributed by atoms with Crippen molar-refractivity contribution < 1.29 is 23.9 Å². The van der Waals surface area contributed by atoms with Crippen molar-refractivity contribution in [2.75, 3.05) is 7.11 Å². The highest BCUT2D eigenvalue weighted by molar-refractivity contribution is 5.88. The fourth-order valence-electron chi connectivity index (χ4n) is 1.76. The second-order valence-corrected chi connectivity index (χ2v) is 4.29. The van der Waals surface area contributed by atoms with Gasteiger partial charge in [-0.05, 0) is 26.0 Å². The molecule has 106 valence electrons. The van der Waals surface area contributed by atoms with Gasteiger partial charge >= 0.3 is 5.97 Å². The molecular weight excluding hydrogens is 262 g/mol. The molecule has 1 N–H and O–H groups in total. The fraction of sp³-hybridized carbons (Fsp3) is 0.286. The molecule has 2 aromatic rings. The van der Waals surface area contributed by atoms with Crippen molar-refractivity contribution >= 4 is 5.97 Å². The summed E-state index contributed by atoms with van der Waals surface area (Å²) in [4.78, 5) is 11.0. The summed E-state index contributed by atoms with van der Waals surface area (Å²) in [5, 5.41) is 12.9. The molecule has 6 heteroatoms. The van der Waals surface area contributed by atoms with Gasteiger partial charge in [-0.1, -0.05) is 5.16 Å². The number of benzene rings is 1. The lowest BCUT2D eigenvalue weighted by Gasteiger charge is -2.09. The second kappa shape index (κ2) is 5.64. The molecule has 0 saturated carbocycles. The monoisotopic (exact) mass is 277 g/mol. The van der Waals surface area contributed by atoms with Gasteiger partial charge in [0.2, 0.25) is 0 Å². The lowest BCUT2D eigenvalue weighted by molar-refractivity contribution is 0.0696. The highest BCUT2D eigenvalue weighted by Crippen LogP contribution is 2.24. The van der Waals surface area contributed by atoms with Gasteiger partial charge in [0.1, 0.15) is 23.9 Å². The summed E-state index contributed by atoms with van der Waals surface area (Å²) in [6.07, 6.45) is 0. The summed E-state index contributed by atoms with van der Waals surface area (Å²) in [6, 6.07) is 4.51. The van der Waals surface area contributed by atoms with E-state index >= 15 is 0 Å². The smallest absolute Gasteiger partial charge is 0.335 e. The van der Waals surface area contributed by atoms with Crippen LogP contribution in [0.2, 0.25) is 0 Å². The molecule has 0 bridgehead atoms. The van der Waals surface area contributed by atoms with Crippen LogP contribution in [0.25, 0.3) is 0 Å². The molecule has 1 heterocycles. The number of ether oxygens (including phenoxy) is 2. The number of aryl methyl sites for hydroxylation is 2. The van der Waals surface area contributed by atoms with Crippen LogP contribution < -0.4 is 9.47 Å². The van der Waals surface area contributed by atoms with Gasteiger partial charge in [0.05, 0.1) is 23.9 Å². The lowest BCUT2D eigenvalue weighted by Crippen LogP contribution is -2.01. The highest BCUT2D eigenvalue weighted by Gasteiger charge is 2.12. The van der Waals surface area contributed by atoms with E-state index in [4.69, 9.17) is 19.1 Å². The number of carboxylic acid groups (broad SMARTS) is 1. The van der Waals surface area contributed by atoms with Gasteiger partial charge in [0.25, 0.3) is 0 Å². The zero-order valence-corrected chi connectivity index (χ0v) is 11.5. The Kier molecular flexibility index (Phi) is 3.93. The number of hydrogen-bond acceptors (Lipinski definition) is 5. The molecule has 0 radical (unpaired) electrons.